The third-order valence-electron chi connectivity index (χ3n) is 7.89. The van der Waals surface area contributed by atoms with Crippen molar-refractivity contribution in [1.29, 1.82) is 0 Å². The summed E-state index contributed by atoms with van der Waals surface area (Å²) in [7, 11) is 0. The van der Waals surface area contributed by atoms with Gasteiger partial charge in [0.1, 0.15) is 0 Å². The van der Waals surface area contributed by atoms with Crippen molar-refractivity contribution in [3.05, 3.63) is 166 Å². The van der Waals surface area contributed by atoms with Gasteiger partial charge in [-0.1, -0.05) is 139 Å². The molecule has 0 nitrogen and oxygen atoms in total. The van der Waals surface area contributed by atoms with E-state index in [0.717, 1.165) is 6.42 Å². The number of rotatable bonds is 3. The van der Waals surface area contributed by atoms with Gasteiger partial charge >= 0.3 is 0 Å². The van der Waals surface area contributed by atoms with Gasteiger partial charge in [0, 0.05) is 5.92 Å². The Morgan fingerprint density at radius 3 is 2.08 bits per heavy atom. The van der Waals surface area contributed by atoms with Gasteiger partial charge in [0.15, 0.2) is 0 Å². The average molecular weight is 473 g/mol. The standard InChI is InChI=1S/C37H28/c1-25-12-11-15-27(24-25)28-22-23-35(30-17-6-5-16-29(28)30)37-33-20-9-7-18-31(33)36(26-13-3-2-4-14-26)32-19-8-10-21-34(32)37/h2-20,22-24,34H,21H2,1H3. The van der Waals surface area contributed by atoms with Crippen LogP contribution >= 0.6 is 0 Å². The fourth-order valence-corrected chi connectivity index (χ4v) is 6.30. The van der Waals surface area contributed by atoms with Crippen LogP contribution in [0.1, 0.15) is 23.1 Å². The van der Waals surface area contributed by atoms with Crippen molar-refractivity contribution in [2.24, 2.45) is 5.92 Å². The predicted molar refractivity (Wildman–Crippen MR) is 157 cm³/mol. The third-order valence-corrected chi connectivity index (χ3v) is 7.89. The van der Waals surface area contributed by atoms with Gasteiger partial charge in [0.25, 0.3) is 0 Å². The second kappa shape index (κ2) is 8.91. The van der Waals surface area contributed by atoms with Crippen molar-refractivity contribution in [1.82, 2.24) is 0 Å². The monoisotopic (exact) mass is 472 g/mol. The van der Waals surface area contributed by atoms with E-state index in [1.807, 2.05) is 0 Å². The van der Waals surface area contributed by atoms with Crippen LogP contribution < -0.4 is 10.4 Å². The molecule has 37 heavy (non-hydrogen) atoms. The highest BCUT2D eigenvalue weighted by molar-refractivity contribution is 6.04. The molecule has 0 N–H and O–H groups in total. The zero-order valence-corrected chi connectivity index (χ0v) is 21.0. The molecule has 0 radical (unpaired) electrons. The van der Waals surface area contributed by atoms with Crippen LogP contribution in [0.3, 0.4) is 0 Å². The minimum atomic E-state index is 0.323. The number of benzene rings is 5. The van der Waals surface area contributed by atoms with Crippen molar-refractivity contribution in [3.63, 3.8) is 0 Å². The molecule has 0 heterocycles. The van der Waals surface area contributed by atoms with Crippen molar-refractivity contribution < 1.29 is 0 Å². The minimum absolute atomic E-state index is 0.323. The summed E-state index contributed by atoms with van der Waals surface area (Å²) in [4.78, 5) is 0. The Kier molecular flexibility index (Phi) is 5.26. The van der Waals surface area contributed by atoms with Crippen LogP contribution in [0.2, 0.25) is 0 Å². The highest BCUT2D eigenvalue weighted by Gasteiger charge is 2.30. The van der Waals surface area contributed by atoms with Crippen molar-refractivity contribution in [3.8, 4) is 11.1 Å². The third kappa shape index (κ3) is 3.60. The molecule has 0 aliphatic heterocycles. The molecule has 0 fully saturated rings. The average Bonchev–Trinajstić information content (AvgIpc) is 2.96. The van der Waals surface area contributed by atoms with Gasteiger partial charge in [-0.15, -0.1) is 0 Å². The first-order valence-electron chi connectivity index (χ1n) is 13.1. The first-order chi connectivity index (χ1) is 18.3. The molecule has 0 heteroatoms. The van der Waals surface area contributed by atoms with Crippen LogP contribution in [0.4, 0.5) is 0 Å². The molecule has 2 aliphatic rings. The largest absolute Gasteiger partial charge is 0.0836 e. The highest BCUT2D eigenvalue weighted by Crippen LogP contribution is 2.43. The molecule has 1 unspecified atom stereocenters. The SMILES string of the molecule is Cc1cccc(-c2ccc(C3=c4ccccc4=C(c4ccccc4)C4=CC=CCC43)c3ccccc23)c1. The minimum Gasteiger partial charge on any atom is -0.0836 e. The maximum Gasteiger partial charge on any atom is 0.0143 e. The molecule has 0 spiro atoms. The number of allylic oxidation sites excluding steroid dienone is 4. The molecular formula is C37H28. The summed E-state index contributed by atoms with van der Waals surface area (Å²) in [6.45, 7) is 2.17. The molecule has 7 rings (SSSR count). The first kappa shape index (κ1) is 21.8. The van der Waals surface area contributed by atoms with Gasteiger partial charge in [0.2, 0.25) is 0 Å². The van der Waals surface area contributed by atoms with Gasteiger partial charge in [-0.25, -0.2) is 0 Å². The Bertz CT molecular complexity index is 1850. The van der Waals surface area contributed by atoms with Gasteiger partial charge in [-0.3, -0.25) is 0 Å². The molecule has 5 aromatic carbocycles. The molecule has 0 saturated carbocycles. The predicted octanol–water partition coefficient (Wildman–Crippen LogP) is 7.73. The van der Waals surface area contributed by atoms with E-state index in [9.17, 15) is 0 Å². The topological polar surface area (TPSA) is 0 Å². The molecule has 5 aromatic rings. The molecular weight excluding hydrogens is 444 g/mol. The fraction of sp³-hybridized carbons (Fsp3) is 0.0811. The van der Waals surface area contributed by atoms with E-state index < -0.39 is 0 Å². The first-order valence-corrected chi connectivity index (χ1v) is 13.1. The smallest absolute Gasteiger partial charge is 0.0143 e. The lowest BCUT2D eigenvalue weighted by Gasteiger charge is -2.31. The van der Waals surface area contributed by atoms with Crippen LogP contribution in [-0.2, 0) is 0 Å². The Labute approximate surface area is 218 Å². The molecule has 176 valence electrons. The molecule has 0 aromatic heterocycles. The van der Waals surface area contributed by atoms with Crippen LogP contribution in [0, 0.1) is 12.8 Å². The van der Waals surface area contributed by atoms with Crippen molar-refractivity contribution in [2.45, 2.75) is 13.3 Å². The van der Waals surface area contributed by atoms with E-state index in [2.05, 4.69) is 140 Å². The Morgan fingerprint density at radius 1 is 0.595 bits per heavy atom. The summed E-state index contributed by atoms with van der Waals surface area (Å²) in [5, 5.41) is 5.31. The Balaban J connectivity index is 1.59. The Hall–Kier alpha value is -4.42. The van der Waals surface area contributed by atoms with E-state index in [-0.39, 0.29) is 0 Å². The molecule has 1 atom stereocenters. The molecule has 0 saturated heterocycles. The van der Waals surface area contributed by atoms with E-state index in [4.69, 9.17) is 0 Å². The maximum atomic E-state index is 2.37. The zero-order valence-electron chi connectivity index (χ0n) is 21.0. The van der Waals surface area contributed by atoms with Gasteiger partial charge in [-0.05, 0) is 73.5 Å². The second-order valence-corrected chi connectivity index (χ2v) is 10.1. The van der Waals surface area contributed by atoms with Crippen molar-refractivity contribution >= 4 is 21.9 Å². The summed E-state index contributed by atoms with van der Waals surface area (Å²) in [5.41, 5.74) is 10.7. The van der Waals surface area contributed by atoms with Crippen LogP contribution in [0.5, 0.6) is 0 Å². The van der Waals surface area contributed by atoms with Crippen LogP contribution in [0.25, 0.3) is 33.0 Å². The summed E-state index contributed by atoms with van der Waals surface area (Å²) in [6.07, 6.45) is 7.92. The van der Waals surface area contributed by atoms with Crippen LogP contribution in [-0.4, -0.2) is 0 Å². The number of aryl methyl sites for hydroxylation is 1. The summed E-state index contributed by atoms with van der Waals surface area (Å²) in [6, 6.07) is 42.4. The maximum absolute atomic E-state index is 2.37. The Morgan fingerprint density at radius 2 is 1.27 bits per heavy atom. The van der Waals surface area contributed by atoms with E-state index in [0.29, 0.717) is 5.92 Å². The van der Waals surface area contributed by atoms with Gasteiger partial charge in [-0.2, -0.15) is 0 Å². The van der Waals surface area contributed by atoms with E-state index in [1.165, 1.54) is 65.7 Å². The molecule has 0 bridgehead atoms. The number of hydrogen-bond acceptors (Lipinski definition) is 0. The summed E-state index contributed by atoms with van der Waals surface area (Å²) < 4.78 is 0. The fourth-order valence-electron chi connectivity index (χ4n) is 6.30. The van der Waals surface area contributed by atoms with Gasteiger partial charge in [0.05, 0.1) is 0 Å². The number of fused-ring (bicyclic) bond motifs is 3. The lowest BCUT2D eigenvalue weighted by Crippen LogP contribution is -2.37. The normalized spacial score (nSPS) is 16.4. The lowest BCUT2D eigenvalue weighted by molar-refractivity contribution is 0.799. The summed E-state index contributed by atoms with van der Waals surface area (Å²) >= 11 is 0. The molecule has 0 amide bonds. The highest BCUT2D eigenvalue weighted by atomic mass is 14.3. The number of hydrogen-bond donors (Lipinski definition) is 0. The summed E-state index contributed by atoms with van der Waals surface area (Å²) in [5.74, 6) is 0.323. The van der Waals surface area contributed by atoms with E-state index in [1.54, 1.807) is 0 Å². The zero-order chi connectivity index (χ0) is 24.8. The van der Waals surface area contributed by atoms with Crippen molar-refractivity contribution in [2.75, 3.05) is 0 Å². The van der Waals surface area contributed by atoms with Crippen LogP contribution in [0.15, 0.2) is 139 Å². The van der Waals surface area contributed by atoms with Gasteiger partial charge < -0.3 is 0 Å². The molecule has 2 aliphatic carbocycles. The van der Waals surface area contributed by atoms with E-state index >= 15 is 0 Å². The quantitative estimate of drug-likeness (QED) is 0.252. The lowest BCUT2D eigenvalue weighted by atomic mass is 9.72. The second-order valence-electron chi connectivity index (χ2n) is 10.1.